The van der Waals surface area contributed by atoms with Crippen molar-refractivity contribution in [3.05, 3.63) is 295 Å². The third-order valence-electron chi connectivity index (χ3n) is 14.9. The van der Waals surface area contributed by atoms with Crippen LogP contribution in [0.2, 0.25) is 0 Å². The minimum absolute atomic E-state index is 0.509. The molecule has 1 aliphatic carbocycles. The van der Waals surface area contributed by atoms with Gasteiger partial charge in [0.05, 0.1) is 15.8 Å². The summed E-state index contributed by atoms with van der Waals surface area (Å²) in [5.74, 6) is 0. The maximum absolute atomic E-state index is 2.49. The lowest BCUT2D eigenvalue weighted by molar-refractivity contribution is 0.768. The first kappa shape index (κ1) is 41.2. The van der Waals surface area contributed by atoms with Gasteiger partial charge in [-0.3, -0.25) is 0 Å². The van der Waals surface area contributed by atoms with Crippen LogP contribution < -0.4 is 4.90 Å². The molecule has 0 radical (unpaired) electrons. The van der Waals surface area contributed by atoms with Gasteiger partial charge in [-0.05, 0) is 143 Å². The largest absolute Gasteiger partial charge is 0.309 e. The molecule has 0 unspecified atom stereocenters. The van der Waals surface area contributed by atoms with Crippen molar-refractivity contribution in [3.63, 3.8) is 0 Å². The summed E-state index contributed by atoms with van der Waals surface area (Å²) in [4.78, 5) is 2.49. The molecule has 0 saturated heterocycles. The van der Waals surface area contributed by atoms with Gasteiger partial charge in [0.2, 0.25) is 0 Å². The summed E-state index contributed by atoms with van der Waals surface area (Å²) in [7, 11) is 0. The van der Waals surface area contributed by atoms with Crippen LogP contribution in [0.5, 0.6) is 0 Å². The molecule has 0 fully saturated rings. The van der Waals surface area contributed by atoms with E-state index in [1.807, 2.05) is 11.3 Å². The van der Waals surface area contributed by atoms with E-state index in [4.69, 9.17) is 0 Å². The lowest BCUT2D eigenvalue weighted by atomic mass is 9.67. The van der Waals surface area contributed by atoms with Crippen molar-refractivity contribution in [1.82, 2.24) is 0 Å². The number of hydrogen-bond acceptors (Lipinski definition) is 2. The molecule has 1 aliphatic rings. The zero-order valence-electron chi connectivity index (χ0n) is 38.8. The average molecular weight is 920 g/mol. The maximum Gasteiger partial charge on any atom is 0.0714 e. The fraction of sp³-hybridized carbons (Fsp3) is 0.0145. The van der Waals surface area contributed by atoms with Gasteiger partial charge in [0.25, 0.3) is 0 Å². The third-order valence-corrected chi connectivity index (χ3v) is 16.1. The van der Waals surface area contributed by atoms with Crippen LogP contribution >= 0.6 is 11.3 Å². The monoisotopic (exact) mass is 919 g/mol. The summed E-state index contributed by atoms with van der Waals surface area (Å²) in [6.45, 7) is 0. The molecule has 0 N–H and O–H groups in total. The number of rotatable bonds is 8. The Morgan fingerprint density at radius 3 is 1.46 bits per heavy atom. The van der Waals surface area contributed by atoms with Gasteiger partial charge < -0.3 is 4.90 Å². The highest BCUT2D eigenvalue weighted by Gasteiger charge is 2.46. The van der Waals surface area contributed by atoms with E-state index in [0.717, 1.165) is 11.4 Å². The number of thiophene rings is 1. The summed E-state index contributed by atoms with van der Waals surface area (Å²) in [6, 6.07) is 101. The van der Waals surface area contributed by atoms with E-state index in [2.05, 4.69) is 278 Å². The summed E-state index contributed by atoms with van der Waals surface area (Å²) in [6.07, 6.45) is 0. The van der Waals surface area contributed by atoms with Crippen LogP contribution in [0.15, 0.2) is 273 Å². The number of anilines is 3. The Bertz CT molecular complexity index is 4110. The summed E-state index contributed by atoms with van der Waals surface area (Å²) >= 11 is 1.87. The highest BCUT2D eigenvalue weighted by molar-refractivity contribution is 7.26. The van der Waals surface area contributed by atoms with Gasteiger partial charge in [-0.2, -0.15) is 0 Å². The fourth-order valence-electron chi connectivity index (χ4n) is 11.5. The molecule has 1 nitrogen and oxygen atoms in total. The summed E-state index contributed by atoms with van der Waals surface area (Å²) < 4.78 is 2.56. The smallest absolute Gasteiger partial charge is 0.0714 e. The molecule has 332 valence electrons. The average Bonchev–Trinajstić information content (AvgIpc) is 3.98. The van der Waals surface area contributed by atoms with Crippen LogP contribution in [0.1, 0.15) is 22.3 Å². The lowest BCUT2D eigenvalue weighted by Gasteiger charge is -2.35. The first-order valence-corrected chi connectivity index (χ1v) is 25.3. The van der Waals surface area contributed by atoms with E-state index in [9.17, 15) is 0 Å². The first-order chi connectivity index (χ1) is 35.2. The molecule has 0 spiro atoms. The van der Waals surface area contributed by atoms with Crippen LogP contribution in [0.25, 0.3) is 86.2 Å². The first-order valence-electron chi connectivity index (χ1n) is 24.5. The zero-order chi connectivity index (χ0) is 46.9. The molecule has 0 atom stereocenters. The second-order valence-corrected chi connectivity index (χ2v) is 19.9. The normalized spacial score (nSPS) is 12.6. The van der Waals surface area contributed by atoms with Crippen molar-refractivity contribution < 1.29 is 0 Å². The summed E-state index contributed by atoms with van der Waals surface area (Å²) in [5, 5.41) is 7.57. The van der Waals surface area contributed by atoms with E-state index < -0.39 is 5.41 Å². The van der Waals surface area contributed by atoms with Crippen molar-refractivity contribution in [3.8, 4) is 44.5 Å². The molecule has 0 bridgehead atoms. The molecule has 13 aromatic rings. The lowest BCUT2D eigenvalue weighted by Crippen LogP contribution is -2.28. The minimum Gasteiger partial charge on any atom is -0.309 e. The van der Waals surface area contributed by atoms with Crippen molar-refractivity contribution in [2.45, 2.75) is 5.41 Å². The van der Waals surface area contributed by atoms with Gasteiger partial charge in [-0.1, -0.05) is 218 Å². The van der Waals surface area contributed by atoms with Crippen LogP contribution in [0, 0.1) is 0 Å². The van der Waals surface area contributed by atoms with Gasteiger partial charge in [0, 0.05) is 26.8 Å². The van der Waals surface area contributed by atoms with Gasteiger partial charge in [-0.15, -0.1) is 11.3 Å². The number of benzene rings is 12. The molecule has 14 rings (SSSR count). The van der Waals surface area contributed by atoms with Gasteiger partial charge in [0.15, 0.2) is 0 Å². The molecule has 2 heteroatoms. The van der Waals surface area contributed by atoms with Gasteiger partial charge in [-0.25, -0.2) is 0 Å². The minimum atomic E-state index is -0.509. The molecular weight excluding hydrogens is 875 g/mol. The predicted octanol–water partition coefficient (Wildman–Crippen LogP) is 19.2. The van der Waals surface area contributed by atoms with E-state index >= 15 is 0 Å². The Morgan fingerprint density at radius 2 is 0.775 bits per heavy atom. The molecule has 71 heavy (non-hydrogen) atoms. The van der Waals surface area contributed by atoms with Crippen LogP contribution in [-0.2, 0) is 5.41 Å². The van der Waals surface area contributed by atoms with Gasteiger partial charge in [0.1, 0.15) is 0 Å². The Morgan fingerprint density at radius 1 is 0.296 bits per heavy atom. The van der Waals surface area contributed by atoms with Gasteiger partial charge >= 0.3 is 0 Å². The van der Waals surface area contributed by atoms with Crippen molar-refractivity contribution in [1.29, 1.82) is 0 Å². The second-order valence-electron chi connectivity index (χ2n) is 18.8. The molecule has 0 saturated carbocycles. The number of fused-ring (bicyclic) bond motifs is 8. The predicted molar refractivity (Wildman–Crippen MR) is 303 cm³/mol. The topological polar surface area (TPSA) is 3.24 Å². The Hall–Kier alpha value is -8.82. The van der Waals surface area contributed by atoms with Crippen molar-refractivity contribution >= 4 is 70.1 Å². The Kier molecular flexibility index (Phi) is 9.69. The second kappa shape index (κ2) is 16.7. The van der Waals surface area contributed by atoms with Crippen molar-refractivity contribution in [2.75, 3.05) is 4.90 Å². The molecule has 12 aromatic carbocycles. The van der Waals surface area contributed by atoms with Crippen LogP contribution in [0.4, 0.5) is 17.1 Å². The Balaban J connectivity index is 0.847. The SMILES string of the molecule is c1ccc(C2(c3ccccc3)c3ccccc3-c3ccc(N(c4ccc(-c5ccc(-c6ccc7cc(-c8ccc9ccccc9c8)ccc7c6)cc5)cc4)c4cccc5c4sc4ccccc45)cc32)cc1. The summed E-state index contributed by atoms with van der Waals surface area (Å²) in [5.41, 5.74) is 17.8. The third kappa shape index (κ3) is 6.75. The molecular formula is C69H45NS. The fourth-order valence-corrected chi connectivity index (χ4v) is 12.7. The molecule has 0 aliphatic heterocycles. The highest BCUT2D eigenvalue weighted by atomic mass is 32.1. The number of hydrogen-bond donors (Lipinski definition) is 0. The van der Waals surface area contributed by atoms with E-state index in [1.54, 1.807) is 0 Å². The molecule has 1 heterocycles. The maximum atomic E-state index is 2.49. The van der Waals surface area contributed by atoms with Crippen LogP contribution in [0.3, 0.4) is 0 Å². The van der Waals surface area contributed by atoms with E-state index in [0.29, 0.717) is 0 Å². The highest BCUT2D eigenvalue weighted by Crippen LogP contribution is 2.57. The van der Waals surface area contributed by atoms with E-state index in [-0.39, 0.29) is 0 Å². The zero-order valence-corrected chi connectivity index (χ0v) is 39.7. The van der Waals surface area contributed by atoms with E-state index in [1.165, 1.54) is 114 Å². The number of nitrogens with zero attached hydrogens (tertiary/aromatic N) is 1. The standard InChI is InChI=1S/C69H45NS/c1-3-16-56(17-4-1)69(57-18-5-2-6-19-57)64-23-11-9-20-60(64)61-41-40-59(45-65(61)69)70(66-24-13-22-63-62-21-10-12-25-67(62)71-68(63)66)58-38-36-48(37-39-58)47-26-28-49(29-27-47)51-32-33-54-44-55(35-34-53(54)43-51)52-31-30-46-14-7-8-15-50(46)42-52/h1-45H. The van der Waals surface area contributed by atoms with Crippen molar-refractivity contribution in [2.24, 2.45) is 0 Å². The van der Waals surface area contributed by atoms with Crippen LogP contribution in [-0.4, -0.2) is 0 Å². The quantitative estimate of drug-likeness (QED) is 0.147. The molecule has 0 amide bonds. The Labute approximate surface area is 417 Å². The molecule has 1 aromatic heterocycles.